The average molecular weight is 406 g/mol. The average Bonchev–Trinajstić information content (AvgIpc) is 3.58. The number of piperazine rings is 1. The van der Waals surface area contributed by atoms with Gasteiger partial charge in [0.25, 0.3) is 11.1 Å². The lowest BCUT2D eigenvalue weighted by Crippen LogP contribution is -2.46. The van der Waals surface area contributed by atoms with Crippen LogP contribution in [0.1, 0.15) is 18.5 Å². The summed E-state index contributed by atoms with van der Waals surface area (Å²) in [4.78, 5) is 37.7. The lowest BCUT2D eigenvalue weighted by Gasteiger charge is -2.36. The summed E-state index contributed by atoms with van der Waals surface area (Å²) in [5.74, 6) is 0.645. The van der Waals surface area contributed by atoms with Gasteiger partial charge in [-0.3, -0.25) is 24.0 Å². The van der Waals surface area contributed by atoms with E-state index in [-0.39, 0.29) is 11.1 Å². The van der Waals surface area contributed by atoms with Crippen LogP contribution >= 0.6 is 0 Å². The Morgan fingerprint density at radius 2 is 1.87 bits per heavy atom. The maximum atomic E-state index is 12.7. The predicted molar refractivity (Wildman–Crippen MR) is 116 cm³/mol. The van der Waals surface area contributed by atoms with E-state index in [1.807, 2.05) is 18.2 Å². The molecule has 8 nitrogen and oxygen atoms in total. The Labute approximate surface area is 174 Å². The molecule has 1 aromatic carbocycles. The van der Waals surface area contributed by atoms with E-state index in [1.54, 1.807) is 28.7 Å². The predicted octanol–water partition coefficient (Wildman–Crippen LogP) is 1.22. The fourth-order valence-electron chi connectivity index (χ4n) is 4.09. The van der Waals surface area contributed by atoms with E-state index in [2.05, 4.69) is 19.8 Å². The van der Waals surface area contributed by atoms with E-state index in [0.29, 0.717) is 17.8 Å². The zero-order valence-corrected chi connectivity index (χ0v) is 17.2. The summed E-state index contributed by atoms with van der Waals surface area (Å²) in [6.07, 6.45) is 7.23. The number of benzene rings is 1. The topological polar surface area (TPSA) is 76.3 Å². The van der Waals surface area contributed by atoms with Crippen LogP contribution in [-0.4, -0.2) is 50.2 Å². The van der Waals surface area contributed by atoms with E-state index >= 15 is 0 Å². The zero-order chi connectivity index (χ0) is 20.7. The largest absolute Gasteiger partial charge is 0.369 e. The molecule has 0 spiro atoms. The van der Waals surface area contributed by atoms with Gasteiger partial charge in [0.1, 0.15) is 0 Å². The van der Waals surface area contributed by atoms with Crippen molar-refractivity contribution in [3.8, 4) is 0 Å². The summed E-state index contributed by atoms with van der Waals surface area (Å²) in [6, 6.07) is 5.98. The smallest absolute Gasteiger partial charge is 0.268 e. The number of anilines is 1. The number of hydrogen-bond acceptors (Lipinski definition) is 6. The Balaban J connectivity index is 1.28. The highest BCUT2D eigenvalue weighted by atomic mass is 16.1. The molecular formula is C22H26N6O2. The van der Waals surface area contributed by atoms with Crippen molar-refractivity contribution >= 4 is 16.6 Å². The number of fused-ring (bicyclic) bond motifs is 1. The molecule has 1 aliphatic carbocycles. The summed E-state index contributed by atoms with van der Waals surface area (Å²) in [6.45, 7) is 5.08. The van der Waals surface area contributed by atoms with Crippen molar-refractivity contribution in [2.75, 3.05) is 31.1 Å². The van der Waals surface area contributed by atoms with E-state index in [1.165, 1.54) is 19.0 Å². The molecule has 30 heavy (non-hydrogen) atoms. The fraction of sp³-hybridized carbons (Fsp3) is 0.455. The van der Waals surface area contributed by atoms with Gasteiger partial charge in [0.05, 0.1) is 29.1 Å². The Morgan fingerprint density at radius 1 is 1.07 bits per heavy atom. The second-order valence-corrected chi connectivity index (χ2v) is 8.41. The minimum atomic E-state index is -0.0778. The van der Waals surface area contributed by atoms with Crippen LogP contribution in [0.25, 0.3) is 10.9 Å². The SMILES string of the molecule is Cn1c(CN2CCN(c3ccc4c(=O)n(CC5CC5)cnc4c3)CC2)cncc1=O. The fourth-order valence-corrected chi connectivity index (χ4v) is 4.09. The Bertz CT molecular complexity index is 1190. The number of hydrogen-bond donors (Lipinski definition) is 0. The van der Waals surface area contributed by atoms with Crippen LogP contribution in [0.15, 0.2) is 46.5 Å². The van der Waals surface area contributed by atoms with Crippen molar-refractivity contribution in [3.05, 3.63) is 63.3 Å². The Morgan fingerprint density at radius 3 is 2.63 bits per heavy atom. The first-order valence-electron chi connectivity index (χ1n) is 10.5. The first kappa shape index (κ1) is 19.0. The number of rotatable bonds is 5. The molecule has 0 atom stereocenters. The second kappa shape index (κ2) is 7.68. The van der Waals surface area contributed by atoms with Crippen LogP contribution in [0, 0.1) is 5.92 Å². The van der Waals surface area contributed by atoms with Gasteiger partial charge in [-0.25, -0.2) is 4.98 Å². The monoisotopic (exact) mass is 406 g/mol. The van der Waals surface area contributed by atoms with Gasteiger partial charge in [0.2, 0.25) is 0 Å². The molecule has 0 amide bonds. The second-order valence-electron chi connectivity index (χ2n) is 8.41. The van der Waals surface area contributed by atoms with Crippen molar-refractivity contribution in [2.45, 2.75) is 25.9 Å². The molecule has 5 rings (SSSR count). The highest BCUT2D eigenvalue weighted by molar-refractivity contribution is 5.81. The first-order chi connectivity index (χ1) is 14.6. The standard InChI is InChI=1S/C22H26N6O2/c1-25-18(11-23-12-21(25)29)14-26-6-8-27(9-7-26)17-4-5-19-20(10-17)24-15-28(22(19)30)13-16-2-3-16/h4-5,10-12,15-16H,2-3,6-9,13-14H2,1H3. The summed E-state index contributed by atoms with van der Waals surface area (Å²) < 4.78 is 3.41. The maximum absolute atomic E-state index is 12.7. The molecule has 1 aliphatic heterocycles. The quantitative estimate of drug-likeness (QED) is 0.634. The minimum Gasteiger partial charge on any atom is -0.369 e. The Kier molecular flexibility index (Phi) is 4.86. The third-order valence-electron chi connectivity index (χ3n) is 6.25. The van der Waals surface area contributed by atoms with Gasteiger partial charge in [-0.2, -0.15) is 0 Å². The molecule has 8 heteroatoms. The number of nitrogens with zero attached hydrogens (tertiary/aromatic N) is 6. The molecule has 0 N–H and O–H groups in total. The molecule has 3 aromatic rings. The molecule has 3 heterocycles. The molecule has 2 fully saturated rings. The van der Waals surface area contributed by atoms with Gasteiger partial charge >= 0.3 is 0 Å². The minimum absolute atomic E-state index is 0.0605. The molecule has 2 aromatic heterocycles. The molecule has 156 valence electrons. The van der Waals surface area contributed by atoms with Crippen molar-refractivity contribution in [1.29, 1.82) is 0 Å². The lowest BCUT2D eigenvalue weighted by molar-refractivity contribution is 0.243. The van der Waals surface area contributed by atoms with Gasteiger partial charge in [-0.05, 0) is 37.0 Å². The molecule has 1 saturated carbocycles. The van der Waals surface area contributed by atoms with Gasteiger partial charge in [0, 0.05) is 58.2 Å². The van der Waals surface area contributed by atoms with Crippen LogP contribution in [0.2, 0.25) is 0 Å². The van der Waals surface area contributed by atoms with Crippen molar-refractivity contribution in [1.82, 2.24) is 24.0 Å². The zero-order valence-electron chi connectivity index (χ0n) is 17.2. The van der Waals surface area contributed by atoms with Crippen molar-refractivity contribution in [3.63, 3.8) is 0 Å². The van der Waals surface area contributed by atoms with E-state index < -0.39 is 0 Å². The third kappa shape index (κ3) is 3.75. The van der Waals surface area contributed by atoms with Crippen LogP contribution < -0.4 is 16.0 Å². The van der Waals surface area contributed by atoms with E-state index in [0.717, 1.165) is 49.6 Å². The van der Waals surface area contributed by atoms with E-state index in [9.17, 15) is 9.59 Å². The summed E-state index contributed by atoms with van der Waals surface area (Å²) >= 11 is 0. The van der Waals surface area contributed by atoms with Crippen LogP contribution in [0.3, 0.4) is 0 Å². The number of aromatic nitrogens is 4. The van der Waals surface area contributed by atoms with Crippen LogP contribution in [0.4, 0.5) is 5.69 Å². The van der Waals surface area contributed by atoms with Gasteiger partial charge < -0.3 is 9.47 Å². The molecule has 2 aliphatic rings. The van der Waals surface area contributed by atoms with Crippen LogP contribution in [0.5, 0.6) is 0 Å². The summed E-state index contributed by atoms with van der Waals surface area (Å²) in [5, 5.41) is 0.693. The first-order valence-corrected chi connectivity index (χ1v) is 10.5. The molecule has 0 bridgehead atoms. The molecule has 1 saturated heterocycles. The maximum Gasteiger partial charge on any atom is 0.268 e. The summed E-state index contributed by atoms with van der Waals surface area (Å²) in [7, 11) is 1.79. The van der Waals surface area contributed by atoms with Gasteiger partial charge in [-0.15, -0.1) is 0 Å². The lowest BCUT2D eigenvalue weighted by atomic mass is 10.2. The van der Waals surface area contributed by atoms with Crippen molar-refractivity contribution in [2.24, 2.45) is 13.0 Å². The highest BCUT2D eigenvalue weighted by Gasteiger charge is 2.23. The molecule has 0 unspecified atom stereocenters. The Hall–Kier alpha value is -3.00. The molecular weight excluding hydrogens is 380 g/mol. The van der Waals surface area contributed by atoms with Gasteiger partial charge in [0.15, 0.2) is 0 Å². The highest BCUT2D eigenvalue weighted by Crippen LogP contribution is 2.30. The third-order valence-corrected chi connectivity index (χ3v) is 6.25. The summed E-state index contributed by atoms with van der Waals surface area (Å²) in [5.41, 5.74) is 2.77. The van der Waals surface area contributed by atoms with E-state index in [4.69, 9.17) is 0 Å². The van der Waals surface area contributed by atoms with Gasteiger partial charge in [-0.1, -0.05) is 0 Å². The molecule has 0 radical (unpaired) electrons. The van der Waals surface area contributed by atoms with Crippen molar-refractivity contribution < 1.29 is 0 Å². The normalized spacial score (nSPS) is 17.6. The van der Waals surface area contributed by atoms with Crippen LogP contribution in [-0.2, 0) is 20.1 Å².